The fourth-order valence-corrected chi connectivity index (χ4v) is 16.4. The van der Waals surface area contributed by atoms with Crippen molar-refractivity contribution < 1.29 is 0 Å². The van der Waals surface area contributed by atoms with Crippen LogP contribution in [0.1, 0.15) is 103 Å². The zero-order chi connectivity index (χ0) is 52.8. The molecule has 4 aliphatic rings. The first kappa shape index (κ1) is 46.3. The Morgan fingerprint density at radius 1 is 0.423 bits per heavy atom. The number of fused-ring (bicyclic) bond motifs is 15. The van der Waals surface area contributed by atoms with Gasteiger partial charge in [0.15, 0.2) is 0 Å². The van der Waals surface area contributed by atoms with Crippen molar-refractivity contribution >= 4 is 122 Å². The molecule has 5 heterocycles. The molecule has 6 heteroatoms. The van der Waals surface area contributed by atoms with E-state index in [1.165, 1.54) is 139 Å². The van der Waals surface area contributed by atoms with E-state index in [2.05, 4.69) is 262 Å². The van der Waals surface area contributed by atoms with Gasteiger partial charge in [0.25, 0.3) is 6.71 Å². The Morgan fingerprint density at radius 3 is 1.71 bits per heavy atom. The molecule has 0 saturated carbocycles. The van der Waals surface area contributed by atoms with E-state index in [9.17, 15) is 0 Å². The predicted octanol–water partition coefficient (Wildman–Crippen LogP) is 17.9. The Bertz CT molecular complexity index is 4480. The van der Waals surface area contributed by atoms with Crippen LogP contribution in [0.25, 0.3) is 65.1 Å². The minimum absolute atomic E-state index is 0.0170. The lowest BCUT2D eigenvalue weighted by molar-refractivity contribution is 0.332. The van der Waals surface area contributed by atoms with Crippen molar-refractivity contribution in [3.05, 3.63) is 210 Å². The number of rotatable bonds is 5. The second-order valence-electron chi connectivity index (χ2n) is 25.8. The van der Waals surface area contributed by atoms with Gasteiger partial charge in [0.05, 0.1) is 27.9 Å². The highest BCUT2D eigenvalue weighted by atomic mass is 32.1. The fourth-order valence-electron chi connectivity index (χ4n) is 15.1. The molecule has 9 aromatic carbocycles. The number of aromatic nitrogens is 2. The van der Waals surface area contributed by atoms with Gasteiger partial charge in [0.2, 0.25) is 0 Å². The molecule has 4 nitrogen and oxygen atoms in total. The van der Waals surface area contributed by atoms with E-state index in [-0.39, 0.29) is 28.4 Å². The van der Waals surface area contributed by atoms with Crippen molar-refractivity contribution in [1.82, 2.24) is 9.13 Å². The first-order chi connectivity index (χ1) is 37.7. The fraction of sp³-hybridized carbons (Fsp3) is 0.222. The summed E-state index contributed by atoms with van der Waals surface area (Å²) in [5.41, 5.74) is 23.5. The molecule has 0 unspecified atom stereocenters. The van der Waals surface area contributed by atoms with Gasteiger partial charge >= 0.3 is 0 Å². The minimum Gasteiger partial charge on any atom is -0.310 e. The summed E-state index contributed by atoms with van der Waals surface area (Å²) in [6.07, 6.45) is 4.68. The van der Waals surface area contributed by atoms with Crippen LogP contribution in [0.4, 0.5) is 34.1 Å². The van der Waals surface area contributed by atoms with Gasteiger partial charge in [-0.25, -0.2) is 0 Å². The summed E-state index contributed by atoms with van der Waals surface area (Å²) >= 11 is 2.05. The Balaban J connectivity index is 1.09. The molecule has 2 aliphatic carbocycles. The topological polar surface area (TPSA) is 16.3 Å². The zero-order valence-corrected chi connectivity index (χ0v) is 46.8. The first-order valence-corrected chi connectivity index (χ1v) is 29.2. The lowest BCUT2D eigenvalue weighted by Gasteiger charge is -2.44. The van der Waals surface area contributed by atoms with E-state index >= 15 is 0 Å². The normalized spacial score (nSPS) is 17.1. The summed E-state index contributed by atoms with van der Waals surface area (Å²) in [4.78, 5) is 5.23. The van der Waals surface area contributed by atoms with Crippen LogP contribution in [0.2, 0.25) is 0 Å². The maximum Gasteiger partial charge on any atom is 0.264 e. The van der Waals surface area contributed by atoms with Crippen molar-refractivity contribution in [3.8, 4) is 11.4 Å². The summed E-state index contributed by atoms with van der Waals surface area (Å²) in [7, 11) is 0. The van der Waals surface area contributed by atoms with Gasteiger partial charge in [-0.1, -0.05) is 159 Å². The summed E-state index contributed by atoms with van der Waals surface area (Å²) in [6, 6.07) is 72.1. The number of para-hydroxylation sites is 5. The third kappa shape index (κ3) is 6.30. The number of hydrogen-bond donors (Lipinski definition) is 0. The highest BCUT2D eigenvalue weighted by Gasteiger charge is 2.47. The van der Waals surface area contributed by atoms with Crippen LogP contribution in [-0.4, -0.2) is 15.8 Å². The van der Waals surface area contributed by atoms with Crippen molar-refractivity contribution in [2.75, 3.05) is 9.80 Å². The Kier molecular flexibility index (Phi) is 9.45. The average Bonchev–Trinajstić information content (AvgIpc) is 3.12. The molecular formula is C72H63BN4S. The molecule has 0 N–H and O–H groups in total. The van der Waals surface area contributed by atoms with Gasteiger partial charge in [-0.2, -0.15) is 0 Å². The molecule has 0 fully saturated rings. The lowest BCUT2D eigenvalue weighted by Crippen LogP contribution is -2.59. The standard InChI is InChI=1S/C72H63BN4S/c1-69(2)35-36-70(3,4)54-39-47(31-33-53(54)69)76-60-40-48(74(44-21-12-9-13-22-44)45-23-14-10-15-24-45)41-61-64(60)73(68-67(76)52-42-55-56(43-62(52)78-68)72(7,8)38-37-71(55,5)6)57-29-20-28-51-63-59(77(61)65(51)57)34-32-50-49-27-18-19-30-58(49)75(66(50)63)46-25-16-11-17-26-46/h9-34,39-43H,35-38H2,1-8H3. The van der Waals surface area contributed by atoms with Crippen molar-refractivity contribution in [1.29, 1.82) is 0 Å². The van der Waals surface area contributed by atoms with Crippen LogP contribution >= 0.6 is 11.3 Å². The average molecular weight is 1030 g/mol. The Morgan fingerprint density at radius 2 is 1.01 bits per heavy atom. The monoisotopic (exact) mass is 1030 g/mol. The third-order valence-electron chi connectivity index (χ3n) is 19.4. The Labute approximate surface area is 462 Å². The van der Waals surface area contributed by atoms with Crippen LogP contribution in [0.5, 0.6) is 0 Å². The highest BCUT2D eigenvalue weighted by molar-refractivity contribution is 7.33. The predicted molar refractivity (Wildman–Crippen MR) is 335 cm³/mol. The van der Waals surface area contributed by atoms with Crippen molar-refractivity contribution in [3.63, 3.8) is 0 Å². The molecule has 380 valence electrons. The van der Waals surface area contributed by atoms with Crippen LogP contribution in [0.15, 0.2) is 188 Å². The molecule has 2 aliphatic heterocycles. The summed E-state index contributed by atoms with van der Waals surface area (Å²) < 4.78 is 8.02. The van der Waals surface area contributed by atoms with Gasteiger partial charge in [0.1, 0.15) is 0 Å². The van der Waals surface area contributed by atoms with Crippen LogP contribution in [0, 0.1) is 0 Å². The maximum atomic E-state index is 2.74. The molecule has 78 heavy (non-hydrogen) atoms. The minimum atomic E-state index is -0.0170. The highest BCUT2D eigenvalue weighted by Crippen LogP contribution is 2.55. The van der Waals surface area contributed by atoms with Gasteiger partial charge in [-0.15, -0.1) is 11.3 Å². The number of thiophene rings is 1. The molecular weight excluding hydrogens is 964 g/mol. The number of benzene rings is 9. The van der Waals surface area contributed by atoms with E-state index in [0.29, 0.717) is 0 Å². The van der Waals surface area contributed by atoms with Crippen LogP contribution < -0.4 is 25.5 Å². The summed E-state index contributed by atoms with van der Waals surface area (Å²) in [5, 5.41) is 6.48. The van der Waals surface area contributed by atoms with Crippen molar-refractivity contribution in [2.45, 2.75) is 103 Å². The second kappa shape index (κ2) is 15.9. The van der Waals surface area contributed by atoms with E-state index in [4.69, 9.17) is 0 Å². The van der Waals surface area contributed by atoms with E-state index in [1.54, 1.807) is 0 Å². The van der Waals surface area contributed by atoms with Crippen LogP contribution in [0.3, 0.4) is 0 Å². The van der Waals surface area contributed by atoms with E-state index in [0.717, 1.165) is 23.5 Å². The molecule has 3 aromatic heterocycles. The lowest BCUT2D eigenvalue weighted by atomic mass is 9.36. The molecule has 16 rings (SSSR count). The van der Waals surface area contributed by atoms with Gasteiger partial charge < -0.3 is 18.9 Å². The largest absolute Gasteiger partial charge is 0.310 e. The number of hydrogen-bond acceptors (Lipinski definition) is 3. The van der Waals surface area contributed by atoms with E-state index in [1.807, 2.05) is 11.3 Å². The molecule has 0 saturated heterocycles. The first-order valence-electron chi connectivity index (χ1n) is 28.4. The number of anilines is 6. The van der Waals surface area contributed by atoms with Gasteiger partial charge in [0, 0.05) is 76.0 Å². The second-order valence-corrected chi connectivity index (χ2v) is 26.9. The van der Waals surface area contributed by atoms with Gasteiger partial charge in [-0.05, 0) is 165 Å². The molecule has 12 aromatic rings. The Hall–Kier alpha value is -7.80. The quantitative estimate of drug-likeness (QED) is 0.160. The summed E-state index contributed by atoms with van der Waals surface area (Å²) in [6.45, 7) is 19.8. The molecule has 0 bridgehead atoms. The molecule has 0 amide bonds. The van der Waals surface area contributed by atoms with Crippen molar-refractivity contribution in [2.24, 2.45) is 0 Å². The number of nitrogens with zero attached hydrogens (tertiary/aromatic N) is 4. The zero-order valence-electron chi connectivity index (χ0n) is 46.0. The van der Waals surface area contributed by atoms with Crippen LogP contribution in [-0.2, 0) is 21.7 Å². The smallest absolute Gasteiger partial charge is 0.264 e. The SMILES string of the molecule is CC1(C)CCC(C)(C)c2cc(N3c4cc(N(c5ccccc5)c5ccccc5)cc5c4B(c4sc6cc7c(cc6c43)C(C)(C)CCC7(C)C)c3cccc4c6c(ccc7c8ccccc8n(-c8ccccc8)c76)n-5c34)ccc21. The molecule has 0 radical (unpaired) electrons. The summed E-state index contributed by atoms with van der Waals surface area (Å²) in [5.74, 6) is 0. The van der Waals surface area contributed by atoms with Gasteiger partial charge in [-0.3, -0.25) is 0 Å². The third-order valence-corrected chi connectivity index (χ3v) is 20.6. The van der Waals surface area contributed by atoms with E-state index < -0.39 is 0 Å². The molecule has 0 atom stereocenters. The molecule has 0 spiro atoms. The maximum absolute atomic E-state index is 2.74.